The van der Waals surface area contributed by atoms with Gasteiger partial charge in [0.2, 0.25) is 0 Å². The van der Waals surface area contributed by atoms with Crippen LogP contribution in [-0.4, -0.2) is 30.1 Å². The van der Waals surface area contributed by atoms with Crippen LogP contribution in [-0.2, 0) is 4.74 Å². The second kappa shape index (κ2) is 7.45. The number of carbonyl (C=O) groups excluding carboxylic acids is 2. The fraction of sp³-hybridized carbons (Fsp3) is 0.222. The Morgan fingerprint density at radius 3 is 2.43 bits per heavy atom. The SMILES string of the molecule is CCOc1ccc(C(=O)COC(=O)c2cccc(C)c2O)cc1. The molecule has 0 spiro atoms. The van der Waals surface area contributed by atoms with Gasteiger partial charge in [0, 0.05) is 5.56 Å². The first-order chi connectivity index (χ1) is 11.0. The number of carbonyl (C=O) groups is 2. The predicted octanol–water partition coefficient (Wildman–Crippen LogP) is 3.14. The molecule has 0 heterocycles. The van der Waals surface area contributed by atoms with E-state index in [1.54, 1.807) is 43.3 Å². The quantitative estimate of drug-likeness (QED) is 0.655. The van der Waals surface area contributed by atoms with Crippen LogP contribution >= 0.6 is 0 Å². The first-order valence-corrected chi connectivity index (χ1v) is 7.24. The molecule has 0 amide bonds. The molecule has 0 bridgehead atoms. The van der Waals surface area contributed by atoms with Gasteiger partial charge < -0.3 is 14.6 Å². The van der Waals surface area contributed by atoms with Crippen LogP contribution in [0, 0.1) is 6.92 Å². The maximum Gasteiger partial charge on any atom is 0.342 e. The van der Waals surface area contributed by atoms with Crippen molar-refractivity contribution in [1.82, 2.24) is 0 Å². The molecule has 2 rings (SSSR count). The van der Waals surface area contributed by atoms with Crippen molar-refractivity contribution < 1.29 is 24.2 Å². The van der Waals surface area contributed by atoms with E-state index in [2.05, 4.69) is 0 Å². The number of ether oxygens (including phenoxy) is 2. The predicted molar refractivity (Wildman–Crippen MR) is 85.1 cm³/mol. The van der Waals surface area contributed by atoms with E-state index in [0.717, 1.165) is 0 Å². The summed E-state index contributed by atoms with van der Waals surface area (Å²) in [4.78, 5) is 24.0. The summed E-state index contributed by atoms with van der Waals surface area (Å²) < 4.78 is 10.3. The molecule has 0 fully saturated rings. The Morgan fingerprint density at radius 1 is 1.09 bits per heavy atom. The molecule has 2 aromatic rings. The van der Waals surface area contributed by atoms with Gasteiger partial charge in [-0.25, -0.2) is 4.79 Å². The highest BCUT2D eigenvalue weighted by atomic mass is 16.5. The lowest BCUT2D eigenvalue weighted by molar-refractivity contribution is 0.0471. The normalized spacial score (nSPS) is 10.2. The number of ketones is 1. The second-order valence-corrected chi connectivity index (χ2v) is 4.93. The van der Waals surface area contributed by atoms with E-state index in [1.807, 2.05) is 6.92 Å². The highest BCUT2D eigenvalue weighted by Crippen LogP contribution is 2.22. The van der Waals surface area contributed by atoms with Crippen molar-refractivity contribution in [2.75, 3.05) is 13.2 Å². The summed E-state index contributed by atoms with van der Waals surface area (Å²) in [6, 6.07) is 11.4. The van der Waals surface area contributed by atoms with Gasteiger partial charge in [-0.15, -0.1) is 0 Å². The zero-order valence-corrected chi connectivity index (χ0v) is 13.0. The number of Topliss-reactive ketones (excluding diaryl/α,β-unsaturated/α-hetero) is 1. The number of phenolic OH excluding ortho intramolecular Hbond substituents is 1. The van der Waals surface area contributed by atoms with Crippen molar-refractivity contribution in [3.8, 4) is 11.5 Å². The molecular weight excluding hydrogens is 296 g/mol. The van der Waals surface area contributed by atoms with Gasteiger partial charge in [0.25, 0.3) is 0 Å². The smallest absolute Gasteiger partial charge is 0.342 e. The number of benzene rings is 2. The highest BCUT2D eigenvalue weighted by Gasteiger charge is 2.16. The van der Waals surface area contributed by atoms with E-state index >= 15 is 0 Å². The van der Waals surface area contributed by atoms with Gasteiger partial charge in [-0.2, -0.15) is 0 Å². The molecular formula is C18H18O5. The molecule has 120 valence electrons. The molecule has 0 radical (unpaired) electrons. The van der Waals surface area contributed by atoms with E-state index in [9.17, 15) is 14.7 Å². The first kappa shape index (κ1) is 16.5. The van der Waals surface area contributed by atoms with E-state index in [4.69, 9.17) is 9.47 Å². The zero-order chi connectivity index (χ0) is 16.8. The molecule has 1 N–H and O–H groups in total. The van der Waals surface area contributed by atoms with Gasteiger partial charge in [0.05, 0.1) is 6.61 Å². The molecule has 0 saturated heterocycles. The number of phenols is 1. The maximum atomic E-state index is 12.0. The lowest BCUT2D eigenvalue weighted by atomic mass is 10.1. The molecule has 0 atom stereocenters. The van der Waals surface area contributed by atoms with Crippen molar-refractivity contribution in [3.63, 3.8) is 0 Å². The minimum absolute atomic E-state index is 0.0458. The molecule has 0 aliphatic rings. The Kier molecular flexibility index (Phi) is 5.36. The van der Waals surface area contributed by atoms with Crippen LogP contribution in [0.4, 0.5) is 0 Å². The molecule has 23 heavy (non-hydrogen) atoms. The maximum absolute atomic E-state index is 12.0. The van der Waals surface area contributed by atoms with Gasteiger partial charge in [0.15, 0.2) is 12.4 Å². The average Bonchev–Trinajstić information content (AvgIpc) is 2.56. The van der Waals surface area contributed by atoms with Gasteiger partial charge in [-0.3, -0.25) is 4.79 Å². The van der Waals surface area contributed by atoms with E-state index in [0.29, 0.717) is 23.5 Å². The molecule has 0 aliphatic carbocycles. The molecule has 2 aromatic carbocycles. The minimum atomic E-state index is -0.731. The van der Waals surface area contributed by atoms with E-state index in [-0.39, 0.29) is 23.7 Å². The summed E-state index contributed by atoms with van der Waals surface area (Å²) in [7, 11) is 0. The number of hydrogen-bond acceptors (Lipinski definition) is 5. The standard InChI is InChI=1S/C18H18O5/c1-3-22-14-9-7-13(8-10-14)16(19)11-23-18(21)15-6-4-5-12(2)17(15)20/h4-10,20H,3,11H2,1-2H3. The van der Waals surface area contributed by atoms with Crippen LogP contribution in [0.5, 0.6) is 11.5 Å². The fourth-order valence-electron chi connectivity index (χ4n) is 2.02. The van der Waals surface area contributed by atoms with Gasteiger partial charge >= 0.3 is 5.97 Å². The topological polar surface area (TPSA) is 72.8 Å². The number of rotatable bonds is 6. The van der Waals surface area contributed by atoms with E-state index < -0.39 is 5.97 Å². The lowest BCUT2D eigenvalue weighted by Crippen LogP contribution is -2.14. The van der Waals surface area contributed by atoms with Gasteiger partial charge in [-0.05, 0) is 49.7 Å². The summed E-state index contributed by atoms with van der Waals surface area (Å²) in [5.41, 5.74) is 1.04. The second-order valence-electron chi connectivity index (χ2n) is 4.93. The van der Waals surface area contributed by atoms with Crippen molar-refractivity contribution in [2.45, 2.75) is 13.8 Å². The Bertz CT molecular complexity index is 704. The average molecular weight is 314 g/mol. The number of esters is 1. The first-order valence-electron chi connectivity index (χ1n) is 7.24. The van der Waals surface area contributed by atoms with Crippen LogP contribution in [0.3, 0.4) is 0 Å². The van der Waals surface area contributed by atoms with Crippen LogP contribution < -0.4 is 4.74 Å². The molecule has 0 aliphatic heterocycles. The molecule has 0 unspecified atom stereocenters. The van der Waals surface area contributed by atoms with Crippen molar-refractivity contribution in [1.29, 1.82) is 0 Å². The number of aromatic hydroxyl groups is 1. The van der Waals surface area contributed by atoms with Crippen molar-refractivity contribution in [2.24, 2.45) is 0 Å². The Labute approximate surface area is 134 Å². The molecule has 5 nitrogen and oxygen atoms in total. The molecule has 0 aromatic heterocycles. The summed E-state index contributed by atoms with van der Waals surface area (Å²) >= 11 is 0. The zero-order valence-electron chi connectivity index (χ0n) is 13.0. The van der Waals surface area contributed by atoms with Crippen molar-refractivity contribution in [3.05, 3.63) is 59.2 Å². The van der Waals surface area contributed by atoms with Crippen LogP contribution in [0.1, 0.15) is 33.2 Å². The van der Waals surface area contributed by atoms with Crippen LogP contribution in [0.25, 0.3) is 0 Å². The minimum Gasteiger partial charge on any atom is -0.507 e. The summed E-state index contributed by atoms with van der Waals surface area (Å²) in [6.07, 6.45) is 0. The lowest BCUT2D eigenvalue weighted by Gasteiger charge is -2.08. The molecule has 5 heteroatoms. The Morgan fingerprint density at radius 2 is 1.78 bits per heavy atom. The number of para-hydroxylation sites is 1. The fourth-order valence-corrected chi connectivity index (χ4v) is 2.02. The third kappa shape index (κ3) is 4.10. The van der Waals surface area contributed by atoms with Gasteiger partial charge in [-0.1, -0.05) is 12.1 Å². The third-order valence-electron chi connectivity index (χ3n) is 3.28. The van der Waals surface area contributed by atoms with Crippen LogP contribution in [0.15, 0.2) is 42.5 Å². The Balaban J connectivity index is 1.98. The summed E-state index contributed by atoms with van der Waals surface area (Å²) in [5, 5.41) is 9.83. The van der Waals surface area contributed by atoms with E-state index in [1.165, 1.54) is 6.07 Å². The molecule has 0 saturated carbocycles. The number of hydrogen-bond donors (Lipinski definition) is 1. The van der Waals surface area contributed by atoms with Crippen molar-refractivity contribution >= 4 is 11.8 Å². The summed E-state index contributed by atoms with van der Waals surface area (Å²) in [5.74, 6) is -0.518. The number of aryl methyl sites for hydroxylation is 1. The van der Waals surface area contributed by atoms with Gasteiger partial charge in [0.1, 0.15) is 17.1 Å². The summed E-state index contributed by atoms with van der Waals surface area (Å²) in [6.45, 7) is 3.71. The monoisotopic (exact) mass is 314 g/mol. The third-order valence-corrected chi connectivity index (χ3v) is 3.28. The van der Waals surface area contributed by atoms with Crippen LogP contribution in [0.2, 0.25) is 0 Å². The Hall–Kier alpha value is -2.82. The highest BCUT2D eigenvalue weighted by molar-refractivity contribution is 6.00. The largest absolute Gasteiger partial charge is 0.507 e.